The monoisotopic (exact) mass is 521 g/mol. The molecule has 0 radical (unpaired) electrons. The molecule has 1 amide bonds. The number of carbonyl (C=O) groups is 1. The smallest absolute Gasteiger partial charge is 0.253 e. The Balaban J connectivity index is 1.29. The summed E-state index contributed by atoms with van der Waals surface area (Å²) in [6.07, 6.45) is 7.83. The highest BCUT2D eigenvalue weighted by Crippen LogP contribution is 2.34. The lowest BCUT2D eigenvalue weighted by Gasteiger charge is -2.33. The lowest BCUT2D eigenvalue weighted by atomic mass is 9.93. The van der Waals surface area contributed by atoms with E-state index in [-0.39, 0.29) is 5.91 Å². The third kappa shape index (κ3) is 4.93. The number of amides is 1. The van der Waals surface area contributed by atoms with Crippen LogP contribution in [0.25, 0.3) is 22.0 Å². The zero-order valence-electron chi connectivity index (χ0n) is 23.0. The Morgan fingerprint density at radius 1 is 0.974 bits per heavy atom. The molecule has 2 aromatic carbocycles. The highest BCUT2D eigenvalue weighted by atomic mass is 16.5. The van der Waals surface area contributed by atoms with Crippen LogP contribution < -0.4 is 9.64 Å². The molecular weight excluding hydrogens is 486 g/mol. The number of hydrogen-bond acceptors (Lipinski definition) is 6. The molecule has 2 aromatic heterocycles. The molecule has 1 fully saturated rings. The van der Waals surface area contributed by atoms with Gasteiger partial charge < -0.3 is 14.5 Å². The van der Waals surface area contributed by atoms with Crippen molar-refractivity contribution in [3.63, 3.8) is 0 Å². The van der Waals surface area contributed by atoms with Crippen LogP contribution in [0.1, 0.15) is 53.2 Å². The van der Waals surface area contributed by atoms with E-state index < -0.39 is 0 Å². The van der Waals surface area contributed by atoms with E-state index in [1.54, 1.807) is 13.4 Å². The van der Waals surface area contributed by atoms with Gasteiger partial charge >= 0.3 is 0 Å². The van der Waals surface area contributed by atoms with Gasteiger partial charge in [-0.3, -0.25) is 4.79 Å². The van der Waals surface area contributed by atoms with Gasteiger partial charge in [0.1, 0.15) is 12.1 Å². The molecule has 0 unspecified atom stereocenters. The maximum absolute atomic E-state index is 13.3. The number of pyridine rings is 1. The van der Waals surface area contributed by atoms with Gasteiger partial charge in [-0.15, -0.1) is 0 Å². The number of carbonyl (C=O) groups excluding carboxylic acids is 1. The molecule has 4 aromatic rings. The Kier molecular flexibility index (Phi) is 6.90. The summed E-state index contributed by atoms with van der Waals surface area (Å²) in [7, 11) is 1.62. The van der Waals surface area contributed by atoms with Crippen LogP contribution in [0.3, 0.4) is 0 Å². The topological polar surface area (TPSA) is 71.5 Å². The zero-order valence-corrected chi connectivity index (χ0v) is 23.0. The largest absolute Gasteiger partial charge is 0.481 e. The number of piperidine rings is 1. The number of aromatic nitrogens is 3. The number of rotatable bonds is 5. The molecule has 0 N–H and O–H groups in total. The van der Waals surface area contributed by atoms with Crippen molar-refractivity contribution in [2.45, 2.75) is 46.1 Å². The predicted octanol–water partition coefficient (Wildman–Crippen LogP) is 5.83. The highest BCUT2D eigenvalue weighted by Gasteiger charge is 2.25. The summed E-state index contributed by atoms with van der Waals surface area (Å²) in [6, 6.07) is 14.5. The second kappa shape index (κ2) is 10.6. The van der Waals surface area contributed by atoms with Crippen LogP contribution >= 0.6 is 0 Å². The fraction of sp³-hybridized carbons (Fsp3) is 0.375. The molecule has 200 valence electrons. The zero-order chi connectivity index (χ0) is 26.9. The van der Waals surface area contributed by atoms with Crippen molar-refractivity contribution in [1.29, 1.82) is 0 Å². The normalized spacial score (nSPS) is 15.9. The van der Waals surface area contributed by atoms with Crippen LogP contribution in [0.5, 0.6) is 5.88 Å². The molecule has 2 aliphatic heterocycles. The number of fused-ring (bicyclic) bond motifs is 2. The van der Waals surface area contributed by atoms with Gasteiger partial charge in [0.15, 0.2) is 0 Å². The summed E-state index contributed by atoms with van der Waals surface area (Å²) < 4.78 is 5.23. The molecular formula is C32H35N5O2. The van der Waals surface area contributed by atoms with Crippen molar-refractivity contribution in [2.24, 2.45) is 5.92 Å². The van der Waals surface area contributed by atoms with Crippen LogP contribution in [0.4, 0.5) is 5.82 Å². The first-order valence-electron chi connectivity index (χ1n) is 14.0. The lowest BCUT2D eigenvalue weighted by Crippen LogP contribution is -2.38. The lowest BCUT2D eigenvalue weighted by molar-refractivity contribution is 0.0688. The molecule has 6 rings (SSSR count). The van der Waals surface area contributed by atoms with Crippen molar-refractivity contribution < 1.29 is 9.53 Å². The van der Waals surface area contributed by atoms with Gasteiger partial charge in [0.2, 0.25) is 5.88 Å². The van der Waals surface area contributed by atoms with Gasteiger partial charge in [0.05, 0.1) is 12.6 Å². The summed E-state index contributed by atoms with van der Waals surface area (Å²) in [6.45, 7) is 7.64. The maximum Gasteiger partial charge on any atom is 0.253 e. The Bertz CT molecular complexity index is 1510. The summed E-state index contributed by atoms with van der Waals surface area (Å²) >= 11 is 0. The molecule has 0 bridgehead atoms. The Hall–Kier alpha value is -4.00. The van der Waals surface area contributed by atoms with Crippen LogP contribution in [0.15, 0.2) is 55.0 Å². The molecule has 0 saturated carbocycles. The molecule has 0 atom stereocenters. The van der Waals surface area contributed by atoms with Gasteiger partial charge in [-0.25, -0.2) is 15.0 Å². The average molecular weight is 522 g/mol. The van der Waals surface area contributed by atoms with Crippen molar-refractivity contribution in [3.8, 4) is 17.0 Å². The van der Waals surface area contributed by atoms with Crippen LogP contribution in [-0.4, -0.2) is 52.5 Å². The minimum Gasteiger partial charge on any atom is -0.481 e. The Morgan fingerprint density at radius 2 is 1.82 bits per heavy atom. The van der Waals surface area contributed by atoms with Crippen LogP contribution in [-0.2, 0) is 13.0 Å². The quantitative estimate of drug-likeness (QED) is 0.329. The van der Waals surface area contributed by atoms with E-state index in [1.807, 2.05) is 29.3 Å². The third-order valence-electron chi connectivity index (χ3n) is 8.43. The van der Waals surface area contributed by atoms with Crippen LogP contribution in [0.2, 0.25) is 0 Å². The predicted molar refractivity (Wildman–Crippen MR) is 154 cm³/mol. The summed E-state index contributed by atoms with van der Waals surface area (Å²) in [4.78, 5) is 31.5. The van der Waals surface area contributed by atoms with Gasteiger partial charge in [0.25, 0.3) is 5.91 Å². The van der Waals surface area contributed by atoms with E-state index in [0.29, 0.717) is 12.4 Å². The minimum absolute atomic E-state index is 0.158. The van der Waals surface area contributed by atoms with E-state index >= 15 is 0 Å². The summed E-state index contributed by atoms with van der Waals surface area (Å²) in [5.41, 5.74) is 7.45. The van der Waals surface area contributed by atoms with Gasteiger partial charge in [-0.2, -0.15) is 0 Å². The van der Waals surface area contributed by atoms with Crippen molar-refractivity contribution in [3.05, 3.63) is 77.2 Å². The Labute approximate surface area is 229 Å². The molecule has 7 heteroatoms. The first kappa shape index (κ1) is 25.3. The number of ether oxygens (including phenoxy) is 1. The molecule has 7 nitrogen and oxygen atoms in total. The molecule has 2 aliphatic rings. The minimum atomic E-state index is 0.158. The van der Waals surface area contributed by atoms with Crippen molar-refractivity contribution in [2.75, 3.05) is 31.6 Å². The SMILES string of the molecule is CCC1CCN(C(=O)c2ccc3c(c2)CN(c2ncnc4c(C)cc(-c5ccc(OC)nc5)cc24)CC3)CC1. The fourth-order valence-corrected chi connectivity index (χ4v) is 6.02. The third-order valence-corrected chi connectivity index (χ3v) is 8.43. The van der Waals surface area contributed by atoms with E-state index in [1.165, 1.54) is 17.5 Å². The van der Waals surface area contributed by atoms with Gasteiger partial charge in [-0.05, 0) is 84.7 Å². The van der Waals surface area contributed by atoms with E-state index in [4.69, 9.17) is 9.72 Å². The van der Waals surface area contributed by atoms with Crippen LogP contribution in [0, 0.1) is 12.8 Å². The summed E-state index contributed by atoms with van der Waals surface area (Å²) in [5, 5.41) is 1.03. The van der Waals surface area contributed by atoms with E-state index in [0.717, 1.165) is 83.8 Å². The molecule has 0 aliphatic carbocycles. The number of methoxy groups -OCH3 is 1. The van der Waals surface area contributed by atoms with Gasteiger partial charge in [-0.1, -0.05) is 19.4 Å². The molecule has 4 heterocycles. The van der Waals surface area contributed by atoms with E-state index in [2.05, 4.69) is 53.0 Å². The van der Waals surface area contributed by atoms with Crippen molar-refractivity contribution >= 4 is 22.6 Å². The number of hydrogen-bond donors (Lipinski definition) is 0. The van der Waals surface area contributed by atoms with Gasteiger partial charge in [0, 0.05) is 55.0 Å². The first-order valence-corrected chi connectivity index (χ1v) is 14.0. The first-order chi connectivity index (χ1) is 19.0. The number of likely N-dealkylation sites (tertiary alicyclic amines) is 1. The number of nitrogens with zero attached hydrogens (tertiary/aromatic N) is 5. The van der Waals surface area contributed by atoms with E-state index in [9.17, 15) is 4.79 Å². The Morgan fingerprint density at radius 3 is 2.56 bits per heavy atom. The molecule has 39 heavy (non-hydrogen) atoms. The second-order valence-corrected chi connectivity index (χ2v) is 10.8. The highest BCUT2D eigenvalue weighted by molar-refractivity contribution is 5.96. The number of anilines is 1. The maximum atomic E-state index is 13.3. The standard InChI is InChI=1S/C32H35N5O2/c1-4-22-9-12-36(13-10-22)32(38)24-6-5-23-11-14-37(19-27(23)16-24)31-28-17-26(15-21(2)30(28)34-20-35-31)25-7-8-29(39-3)33-18-25/h5-8,15-18,20,22H,4,9-14,19H2,1-3H3. The van der Waals surface area contributed by atoms with Crippen molar-refractivity contribution in [1.82, 2.24) is 19.9 Å². The number of benzene rings is 2. The molecule has 0 spiro atoms. The average Bonchev–Trinajstić information content (AvgIpc) is 3.00. The summed E-state index contributed by atoms with van der Waals surface area (Å²) in [5.74, 6) is 2.43. The molecule has 1 saturated heterocycles. The fourth-order valence-electron chi connectivity index (χ4n) is 6.02. The second-order valence-electron chi connectivity index (χ2n) is 10.8. The number of aryl methyl sites for hydroxylation is 1.